The zero-order chi connectivity index (χ0) is 10.6. The lowest BCUT2D eigenvalue weighted by molar-refractivity contribution is -0.138. The fraction of sp³-hybridized carbons (Fsp3) is 0.300. The van der Waals surface area contributed by atoms with Crippen LogP contribution in [0, 0.1) is 0 Å². The Morgan fingerprint density at radius 2 is 2.00 bits per heavy atom. The predicted octanol–water partition coefficient (Wildman–Crippen LogP) is 1.86. The quantitative estimate of drug-likeness (QED) is 0.803. The van der Waals surface area contributed by atoms with Crippen molar-refractivity contribution in [2.24, 2.45) is 5.73 Å². The summed E-state index contributed by atoms with van der Waals surface area (Å²) in [5, 5.41) is 9.54. The first-order chi connectivity index (χ1) is 6.65. The zero-order valence-corrected chi connectivity index (χ0v) is 8.37. The number of benzene rings is 1. The van der Waals surface area contributed by atoms with Crippen molar-refractivity contribution in [1.82, 2.24) is 0 Å². The summed E-state index contributed by atoms with van der Waals surface area (Å²) >= 11 is 5.70. The SMILES string of the molecule is NCC[C@H](C(=O)O)c1ccc(Cl)cc1. The van der Waals surface area contributed by atoms with Gasteiger partial charge in [-0.2, -0.15) is 0 Å². The van der Waals surface area contributed by atoms with E-state index in [-0.39, 0.29) is 0 Å². The van der Waals surface area contributed by atoms with E-state index in [1.54, 1.807) is 24.3 Å². The number of carbonyl (C=O) groups is 1. The van der Waals surface area contributed by atoms with Gasteiger partial charge in [0.2, 0.25) is 0 Å². The van der Waals surface area contributed by atoms with Gasteiger partial charge in [0.25, 0.3) is 0 Å². The summed E-state index contributed by atoms with van der Waals surface area (Å²) in [5.41, 5.74) is 6.09. The second-order valence-corrected chi connectivity index (χ2v) is 3.46. The van der Waals surface area contributed by atoms with E-state index < -0.39 is 11.9 Å². The standard InChI is InChI=1S/C10H12ClNO2/c11-8-3-1-7(2-4-8)9(5-6-12)10(13)14/h1-4,9H,5-6,12H2,(H,13,14)/t9-/m0/s1. The molecule has 3 nitrogen and oxygen atoms in total. The summed E-state index contributed by atoms with van der Waals surface area (Å²) < 4.78 is 0. The normalized spacial score (nSPS) is 12.4. The molecule has 14 heavy (non-hydrogen) atoms. The van der Waals surface area contributed by atoms with E-state index in [4.69, 9.17) is 22.4 Å². The Balaban J connectivity index is 2.87. The monoisotopic (exact) mass is 213 g/mol. The molecule has 0 amide bonds. The van der Waals surface area contributed by atoms with Crippen molar-refractivity contribution in [2.45, 2.75) is 12.3 Å². The lowest BCUT2D eigenvalue weighted by Crippen LogP contribution is -2.15. The summed E-state index contributed by atoms with van der Waals surface area (Å²) in [6.07, 6.45) is 0.441. The highest BCUT2D eigenvalue weighted by Gasteiger charge is 2.18. The predicted molar refractivity (Wildman–Crippen MR) is 55.5 cm³/mol. The number of halogens is 1. The van der Waals surface area contributed by atoms with Crippen molar-refractivity contribution < 1.29 is 9.90 Å². The van der Waals surface area contributed by atoms with E-state index in [1.807, 2.05) is 0 Å². The third kappa shape index (κ3) is 2.72. The number of carboxylic acids is 1. The molecule has 3 N–H and O–H groups in total. The Morgan fingerprint density at radius 1 is 1.43 bits per heavy atom. The zero-order valence-electron chi connectivity index (χ0n) is 7.61. The van der Waals surface area contributed by atoms with Gasteiger partial charge in [0.15, 0.2) is 0 Å². The fourth-order valence-electron chi connectivity index (χ4n) is 1.29. The second-order valence-electron chi connectivity index (χ2n) is 3.02. The average Bonchev–Trinajstić information content (AvgIpc) is 2.15. The van der Waals surface area contributed by atoms with Gasteiger partial charge in [-0.05, 0) is 30.7 Å². The minimum absolute atomic E-state index is 0.361. The number of aliphatic carboxylic acids is 1. The van der Waals surface area contributed by atoms with Crippen molar-refractivity contribution in [3.05, 3.63) is 34.9 Å². The van der Waals surface area contributed by atoms with Crippen molar-refractivity contribution >= 4 is 17.6 Å². The summed E-state index contributed by atoms with van der Waals surface area (Å²) in [4.78, 5) is 10.9. The lowest BCUT2D eigenvalue weighted by Gasteiger charge is -2.10. The summed E-state index contributed by atoms with van der Waals surface area (Å²) in [7, 11) is 0. The minimum Gasteiger partial charge on any atom is -0.481 e. The first-order valence-electron chi connectivity index (χ1n) is 4.33. The van der Waals surface area contributed by atoms with E-state index in [9.17, 15) is 4.79 Å². The summed E-state index contributed by atoms with van der Waals surface area (Å²) in [5.74, 6) is -1.38. The van der Waals surface area contributed by atoms with Gasteiger partial charge in [-0.3, -0.25) is 4.79 Å². The van der Waals surface area contributed by atoms with Crippen LogP contribution in [0.25, 0.3) is 0 Å². The van der Waals surface area contributed by atoms with Crippen LogP contribution in [0.15, 0.2) is 24.3 Å². The number of carboxylic acid groups (broad SMARTS) is 1. The van der Waals surface area contributed by atoms with Gasteiger partial charge in [0.1, 0.15) is 0 Å². The summed E-state index contributed by atoms with van der Waals surface area (Å²) in [6, 6.07) is 6.81. The van der Waals surface area contributed by atoms with E-state index in [0.717, 1.165) is 5.56 Å². The molecule has 0 unspecified atom stereocenters. The molecule has 1 rings (SSSR count). The molecule has 0 saturated heterocycles. The molecule has 0 saturated carbocycles. The smallest absolute Gasteiger partial charge is 0.311 e. The lowest BCUT2D eigenvalue weighted by atomic mass is 9.96. The van der Waals surface area contributed by atoms with Gasteiger partial charge in [-0.25, -0.2) is 0 Å². The molecule has 76 valence electrons. The molecule has 1 aromatic rings. The van der Waals surface area contributed by atoms with Crippen molar-refractivity contribution in [2.75, 3.05) is 6.54 Å². The van der Waals surface area contributed by atoms with E-state index >= 15 is 0 Å². The van der Waals surface area contributed by atoms with E-state index in [2.05, 4.69) is 0 Å². The van der Waals surface area contributed by atoms with E-state index in [0.29, 0.717) is 18.0 Å². The van der Waals surface area contributed by atoms with Gasteiger partial charge in [-0.1, -0.05) is 23.7 Å². The van der Waals surface area contributed by atoms with Crippen LogP contribution in [0.3, 0.4) is 0 Å². The number of hydrogen-bond acceptors (Lipinski definition) is 2. The fourth-order valence-corrected chi connectivity index (χ4v) is 1.42. The Morgan fingerprint density at radius 3 is 2.43 bits per heavy atom. The van der Waals surface area contributed by atoms with Crippen LogP contribution in [0.2, 0.25) is 5.02 Å². The molecule has 0 bridgehead atoms. The molecule has 0 aliphatic carbocycles. The van der Waals surface area contributed by atoms with Crippen LogP contribution in [-0.2, 0) is 4.79 Å². The highest BCUT2D eigenvalue weighted by molar-refractivity contribution is 6.30. The molecule has 1 aromatic carbocycles. The maximum Gasteiger partial charge on any atom is 0.311 e. The van der Waals surface area contributed by atoms with Gasteiger partial charge in [0.05, 0.1) is 5.92 Å². The van der Waals surface area contributed by atoms with E-state index in [1.165, 1.54) is 0 Å². The molecular weight excluding hydrogens is 202 g/mol. The number of rotatable bonds is 4. The minimum atomic E-state index is -0.849. The Kier molecular flexibility index (Phi) is 3.92. The molecule has 0 aliphatic heterocycles. The first kappa shape index (κ1) is 11.0. The van der Waals surface area contributed by atoms with Crippen LogP contribution in [0.1, 0.15) is 17.9 Å². The molecular formula is C10H12ClNO2. The molecule has 0 spiro atoms. The largest absolute Gasteiger partial charge is 0.481 e. The Bertz CT molecular complexity index is 310. The third-order valence-electron chi connectivity index (χ3n) is 2.03. The van der Waals surface area contributed by atoms with Crippen molar-refractivity contribution in [3.8, 4) is 0 Å². The second kappa shape index (κ2) is 4.98. The van der Waals surface area contributed by atoms with Gasteiger partial charge in [-0.15, -0.1) is 0 Å². The molecule has 0 heterocycles. The van der Waals surface area contributed by atoms with Crippen molar-refractivity contribution in [3.63, 3.8) is 0 Å². The molecule has 1 atom stereocenters. The molecule has 0 aliphatic rings. The van der Waals surface area contributed by atoms with Crippen LogP contribution in [-0.4, -0.2) is 17.6 Å². The maximum atomic E-state index is 10.9. The van der Waals surface area contributed by atoms with Crippen LogP contribution >= 0.6 is 11.6 Å². The summed E-state index contributed by atoms with van der Waals surface area (Å²) in [6.45, 7) is 0.361. The van der Waals surface area contributed by atoms with Crippen LogP contribution in [0.4, 0.5) is 0 Å². The Labute approximate surface area is 87.5 Å². The average molecular weight is 214 g/mol. The van der Waals surface area contributed by atoms with Crippen LogP contribution in [0.5, 0.6) is 0 Å². The highest BCUT2D eigenvalue weighted by atomic mass is 35.5. The number of nitrogens with two attached hydrogens (primary N) is 1. The van der Waals surface area contributed by atoms with Gasteiger partial charge in [0, 0.05) is 5.02 Å². The third-order valence-corrected chi connectivity index (χ3v) is 2.28. The van der Waals surface area contributed by atoms with Gasteiger partial charge >= 0.3 is 5.97 Å². The number of hydrogen-bond donors (Lipinski definition) is 2. The van der Waals surface area contributed by atoms with Crippen LogP contribution < -0.4 is 5.73 Å². The van der Waals surface area contributed by atoms with Gasteiger partial charge < -0.3 is 10.8 Å². The molecule has 4 heteroatoms. The molecule has 0 aromatic heterocycles. The van der Waals surface area contributed by atoms with Crippen molar-refractivity contribution in [1.29, 1.82) is 0 Å². The topological polar surface area (TPSA) is 63.3 Å². The Hall–Kier alpha value is -1.06. The molecule has 0 fully saturated rings. The highest BCUT2D eigenvalue weighted by Crippen LogP contribution is 2.21. The first-order valence-corrected chi connectivity index (χ1v) is 4.71. The molecule has 0 radical (unpaired) electrons. The maximum absolute atomic E-state index is 10.9.